The third kappa shape index (κ3) is 5.30. The second-order valence-electron chi connectivity index (χ2n) is 3.71. The van der Waals surface area contributed by atoms with E-state index < -0.39 is 5.97 Å². The molecular formula is C10H15N3O3S. The topological polar surface area (TPSA) is 91.3 Å². The minimum absolute atomic E-state index is 0.0395. The van der Waals surface area contributed by atoms with E-state index in [9.17, 15) is 9.59 Å². The fourth-order valence-electron chi connectivity index (χ4n) is 1.18. The van der Waals surface area contributed by atoms with Crippen LogP contribution in [0.4, 0.5) is 9.93 Å². The zero-order valence-electron chi connectivity index (χ0n) is 9.69. The predicted octanol–water partition coefficient (Wildman–Crippen LogP) is 1.83. The summed E-state index contributed by atoms with van der Waals surface area (Å²) in [5, 5.41) is 14.3. The van der Waals surface area contributed by atoms with Gasteiger partial charge in [0, 0.05) is 23.5 Å². The number of rotatable bonds is 5. The molecule has 1 aromatic heterocycles. The third-order valence-corrected chi connectivity index (χ3v) is 2.84. The Morgan fingerprint density at radius 2 is 2.29 bits per heavy atom. The van der Waals surface area contributed by atoms with E-state index in [1.807, 2.05) is 6.92 Å². The van der Waals surface area contributed by atoms with Crippen LogP contribution in [-0.4, -0.2) is 28.1 Å². The van der Waals surface area contributed by atoms with Crippen LogP contribution in [0.3, 0.4) is 0 Å². The fraction of sp³-hybridized carbons (Fsp3) is 0.500. The Kier molecular flexibility index (Phi) is 4.89. The van der Waals surface area contributed by atoms with Crippen molar-refractivity contribution in [1.29, 1.82) is 0 Å². The zero-order valence-corrected chi connectivity index (χ0v) is 10.5. The first-order valence-electron chi connectivity index (χ1n) is 5.19. The molecule has 0 aliphatic heterocycles. The Bertz CT molecular complexity index is 405. The molecule has 0 radical (unpaired) electrons. The molecule has 0 bridgehead atoms. The van der Waals surface area contributed by atoms with E-state index in [1.54, 1.807) is 13.1 Å². The molecule has 1 aromatic rings. The molecule has 6 nitrogen and oxygen atoms in total. The van der Waals surface area contributed by atoms with Crippen LogP contribution in [0.15, 0.2) is 6.20 Å². The average Bonchev–Trinajstić information content (AvgIpc) is 2.60. The Hall–Kier alpha value is -1.63. The molecule has 1 unspecified atom stereocenters. The summed E-state index contributed by atoms with van der Waals surface area (Å²) in [4.78, 5) is 26.8. The maximum atomic E-state index is 11.5. The maximum Gasteiger partial charge on any atom is 0.321 e. The number of amides is 2. The summed E-state index contributed by atoms with van der Waals surface area (Å²) in [7, 11) is 0. The van der Waals surface area contributed by atoms with Crippen molar-refractivity contribution in [2.45, 2.75) is 32.7 Å². The molecule has 7 heteroatoms. The van der Waals surface area contributed by atoms with Crippen LogP contribution in [0, 0.1) is 6.92 Å². The van der Waals surface area contributed by atoms with Gasteiger partial charge in [-0.15, -0.1) is 11.3 Å². The van der Waals surface area contributed by atoms with E-state index in [-0.39, 0.29) is 18.5 Å². The van der Waals surface area contributed by atoms with Crippen molar-refractivity contribution in [3.63, 3.8) is 0 Å². The minimum Gasteiger partial charge on any atom is -0.481 e. The van der Waals surface area contributed by atoms with Gasteiger partial charge in [0.1, 0.15) is 0 Å². The molecule has 2 amide bonds. The molecule has 1 heterocycles. The molecule has 0 aromatic carbocycles. The van der Waals surface area contributed by atoms with E-state index in [4.69, 9.17) is 5.11 Å². The summed E-state index contributed by atoms with van der Waals surface area (Å²) >= 11 is 1.38. The standard InChI is InChI=1S/C10H15N3O3S/c1-6(3-4-8(14)15)12-9(16)13-10-11-5-7(2)17-10/h5-6H,3-4H2,1-2H3,(H,14,15)(H2,11,12,13,16). The van der Waals surface area contributed by atoms with Crippen LogP contribution in [0.1, 0.15) is 24.6 Å². The molecule has 0 saturated carbocycles. The first-order valence-corrected chi connectivity index (χ1v) is 6.00. The predicted molar refractivity (Wildman–Crippen MR) is 65.3 cm³/mol. The van der Waals surface area contributed by atoms with Crippen LogP contribution in [-0.2, 0) is 4.79 Å². The van der Waals surface area contributed by atoms with E-state index in [2.05, 4.69) is 15.6 Å². The van der Waals surface area contributed by atoms with Gasteiger partial charge < -0.3 is 10.4 Å². The molecular weight excluding hydrogens is 242 g/mol. The molecule has 0 aliphatic rings. The molecule has 1 rings (SSSR count). The highest BCUT2D eigenvalue weighted by Crippen LogP contribution is 2.16. The van der Waals surface area contributed by atoms with Gasteiger partial charge in [0.15, 0.2) is 5.13 Å². The Morgan fingerprint density at radius 3 is 2.82 bits per heavy atom. The summed E-state index contributed by atoms with van der Waals surface area (Å²) in [5.41, 5.74) is 0. The van der Waals surface area contributed by atoms with Crippen molar-refractivity contribution < 1.29 is 14.7 Å². The highest BCUT2D eigenvalue weighted by Gasteiger charge is 2.10. The number of thiazole rings is 1. The van der Waals surface area contributed by atoms with Crippen LogP contribution in [0.5, 0.6) is 0 Å². The van der Waals surface area contributed by atoms with Gasteiger partial charge in [0.25, 0.3) is 0 Å². The van der Waals surface area contributed by atoms with E-state index in [1.165, 1.54) is 11.3 Å². The Balaban J connectivity index is 2.31. The molecule has 1 atom stereocenters. The zero-order chi connectivity index (χ0) is 12.8. The van der Waals surface area contributed by atoms with Crippen molar-refractivity contribution in [3.8, 4) is 0 Å². The highest BCUT2D eigenvalue weighted by molar-refractivity contribution is 7.15. The SMILES string of the molecule is Cc1cnc(NC(=O)NC(C)CCC(=O)O)s1. The minimum atomic E-state index is -0.866. The number of anilines is 1. The molecule has 0 spiro atoms. The monoisotopic (exact) mass is 257 g/mol. The van der Waals surface area contributed by atoms with Gasteiger partial charge in [0.05, 0.1) is 0 Å². The van der Waals surface area contributed by atoms with Crippen molar-refractivity contribution in [2.75, 3.05) is 5.32 Å². The number of carboxylic acids is 1. The van der Waals surface area contributed by atoms with Crippen LogP contribution < -0.4 is 10.6 Å². The summed E-state index contributed by atoms with van der Waals surface area (Å²) in [6.07, 6.45) is 2.12. The van der Waals surface area contributed by atoms with Crippen molar-refractivity contribution >= 4 is 28.5 Å². The second kappa shape index (κ2) is 6.19. The van der Waals surface area contributed by atoms with E-state index >= 15 is 0 Å². The molecule has 94 valence electrons. The third-order valence-electron chi connectivity index (χ3n) is 2.01. The summed E-state index contributed by atoms with van der Waals surface area (Å²) < 4.78 is 0. The molecule has 3 N–H and O–H groups in total. The number of carbonyl (C=O) groups excluding carboxylic acids is 1. The van der Waals surface area contributed by atoms with Crippen molar-refractivity contribution in [1.82, 2.24) is 10.3 Å². The number of hydrogen-bond donors (Lipinski definition) is 3. The lowest BCUT2D eigenvalue weighted by Gasteiger charge is -2.12. The van der Waals surface area contributed by atoms with Gasteiger partial charge in [-0.1, -0.05) is 0 Å². The largest absolute Gasteiger partial charge is 0.481 e. The first-order chi connectivity index (χ1) is 7.97. The van der Waals surface area contributed by atoms with Gasteiger partial charge >= 0.3 is 12.0 Å². The lowest BCUT2D eigenvalue weighted by Crippen LogP contribution is -2.36. The number of urea groups is 1. The van der Waals surface area contributed by atoms with Crippen molar-refractivity contribution in [3.05, 3.63) is 11.1 Å². The summed E-state index contributed by atoms with van der Waals surface area (Å²) in [6, 6.07) is -0.551. The van der Waals surface area contributed by atoms with Crippen LogP contribution >= 0.6 is 11.3 Å². The van der Waals surface area contributed by atoms with Crippen molar-refractivity contribution in [2.24, 2.45) is 0 Å². The summed E-state index contributed by atoms with van der Waals surface area (Å²) in [6.45, 7) is 3.66. The first kappa shape index (κ1) is 13.4. The fourth-order valence-corrected chi connectivity index (χ4v) is 1.84. The van der Waals surface area contributed by atoms with E-state index in [0.717, 1.165) is 4.88 Å². The summed E-state index contributed by atoms with van der Waals surface area (Å²) in [5.74, 6) is -0.866. The smallest absolute Gasteiger partial charge is 0.321 e. The number of aryl methyl sites for hydroxylation is 1. The highest BCUT2D eigenvalue weighted by atomic mass is 32.1. The number of nitrogens with one attached hydrogen (secondary N) is 2. The number of carboxylic acid groups (broad SMARTS) is 1. The quantitative estimate of drug-likeness (QED) is 0.750. The van der Waals surface area contributed by atoms with Gasteiger partial charge in [-0.2, -0.15) is 0 Å². The number of carbonyl (C=O) groups is 2. The lowest BCUT2D eigenvalue weighted by molar-refractivity contribution is -0.137. The van der Waals surface area contributed by atoms with Crippen LogP contribution in [0.25, 0.3) is 0 Å². The van der Waals surface area contributed by atoms with Gasteiger partial charge in [-0.25, -0.2) is 9.78 Å². The van der Waals surface area contributed by atoms with Crippen LogP contribution in [0.2, 0.25) is 0 Å². The van der Waals surface area contributed by atoms with Gasteiger partial charge in [-0.05, 0) is 20.3 Å². The number of aromatic nitrogens is 1. The molecule has 0 saturated heterocycles. The molecule has 0 fully saturated rings. The Labute approximate surface area is 103 Å². The number of nitrogens with zero attached hydrogens (tertiary/aromatic N) is 1. The van der Waals surface area contributed by atoms with Gasteiger partial charge in [0.2, 0.25) is 0 Å². The molecule has 0 aliphatic carbocycles. The molecule has 17 heavy (non-hydrogen) atoms. The second-order valence-corrected chi connectivity index (χ2v) is 4.94. The lowest BCUT2D eigenvalue weighted by atomic mass is 10.2. The average molecular weight is 257 g/mol. The number of aliphatic carboxylic acids is 1. The van der Waals surface area contributed by atoms with E-state index in [0.29, 0.717) is 11.6 Å². The maximum absolute atomic E-state index is 11.5. The number of hydrogen-bond acceptors (Lipinski definition) is 4. The normalized spacial score (nSPS) is 11.9. The van der Waals surface area contributed by atoms with Gasteiger partial charge in [-0.3, -0.25) is 10.1 Å². The Morgan fingerprint density at radius 1 is 1.59 bits per heavy atom.